The Labute approximate surface area is 196 Å². The highest BCUT2D eigenvalue weighted by Gasteiger charge is 2.42. The Bertz CT molecular complexity index is 1270. The molecular weight excluding hydrogens is 508 g/mol. The first-order valence-corrected chi connectivity index (χ1v) is 10.4. The van der Waals surface area contributed by atoms with Crippen molar-refractivity contribution in [2.45, 2.75) is 11.1 Å². The Morgan fingerprint density at radius 1 is 0.800 bits per heavy atom. The molecule has 184 valence electrons. The molecule has 2 amide bonds. The van der Waals surface area contributed by atoms with Crippen molar-refractivity contribution < 1.29 is 44.7 Å². The summed E-state index contributed by atoms with van der Waals surface area (Å²) in [5, 5.41) is 3.96. The fraction of sp³-hybridized carbons (Fsp3) is 0.0909. The molecule has 3 aromatic carbocycles. The summed E-state index contributed by atoms with van der Waals surface area (Å²) >= 11 is 0.766. The number of thioether (sulfide) groups is 1. The van der Waals surface area contributed by atoms with E-state index in [-0.39, 0.29) is 11.3 Å². The number of hydrogen-bond acceptors (Lipinski definition) is 3. The summed E-state index contributed by atoms with van der Waals surface area (Å²) < 4.78 is 107. The molecule has 0 atom stereocenters. The number of benzene rings is 3. The van der Waals surface area contributed by atoms with Gasteiger partial charge in [0.1, 0.15) is 17.1 Å². The molecule has 0 aliphatic rings. The standard InChI is InChI=1S/C22H12F8N2O2S/c23-13-7-2-1-6-12(13)21(34)31-10-4-3-5-11(8-10)35-9-14(33)32-20-18(26)16(24)15(22(28,29)30)17(25)19(20)27/h1-8H,9H2,(H,31,34)(H,32,33). The van der Waals surface area contributed by atoms with Crippen molar-refractivity contribution in [2.24, 2.45) is 0 Å². The van der Waals surface area contributed by atoms with Crippen LogP contribution in [0.2, 0.25) is 0 Å². The molecule has 3 aromatic rings. The smallest absolute Gasteiger partial charge is 0.322 e. The van der Waals surface area contributed by atoms with Crippen LogP contribution in [0.5, 0.6) is 0 Å². The van der Waals surface area contributed by atoms with Crippen LogP contribution in [0.25, 0.3) is 0 Å². The maximum Gasteiger partial charge on any atom is 0.422 e. The van der Waals surface area contributed by atoms with Crippen molar-refractivity contribution in [1.29, 1.82) is 0 Å². The highest BCUT2D eigenvalue weighted by atomic mass is 32.2. The molecular formula is C22H12F8N2O2S. The monoisotopic (exact) mass is 520 g/mol. The number of carbonyl (C=O) groups is 2. The fourth-order valence-electron chi connectivity index (χ4n) is 2.82. The molecule has 0 aromatic heterocycles. The van der Waals surface area contributed by atoms with E-state index in [1.54, 1.807) is 0 Å². The molecule has 13 heteroatoms. The van der Waals surface area contributed by atoms with Gasteiger partial charge in [-0.2, -0.15) is 13.2 Å². The molecule has 3 rings (SSSR count). The molecule has 4 nitrogen and oxygen atoms in total. The average molecular weight is 520 g/mol. The van der Waals surface area contributed by atoms with Crippen LogP contribution in [0.3, 0.4) is 0 Å². The van der Waals surface area contributed by atoms with Gasteiger partial charge in [0, 0.05) is 10.6 Å². The largest absolute Gasteiger partial charge is 0.422 e. The van der Waals surface area contributed by atoms with Gasteiger partial charge in [-0.25, -0.2) is 22.0 Å². The predicted molar refractivity (Wildman–Crippen MR) is 111 cm³/mol. The number of rotatable bonds is 6. The first-order chi connectivity index (χ1) is 16.4. The Kier molecular flexibility index (Phi) is 7.68. The first kappa shape index (κ1) is 26.0. The van der Waals surface area contributed by atoms with Crippen molar-refractivity contribution >= 4 is 35.0 Å². The molecule has 0 saturated heterocycles. The van der Waals surface area contributed by atoms with Crippen LogP contribution in [-0.2, 0) is 11.0 Å². The van der Waals surface area contributed by atoms with E-state index in [1.165, 1.54) is 47.8 Å². The lowest BCUT2D eigenvalue weighted by atomic mass is 10.1. The van der Waals surface area contributed by atoms with Gasteiger partial charge in [0.05, 0.1) is 11.3 Å². The van der Waals surface area contributed by atoms with Gasteiger partial charge in [0.25, 0.3) is 5.91 Å². The second-order valence-corrected chi connectivity index (χ2v) is 7.85. The number of anilines is 2. The molecule has 0 saturated carbocycles. The minimum atomic E-state index is -5.71. The minimum absolute atomic E-state index is 0.215. The van der Waals surface area contributed by atoms with Gasteiger partial charge >= 0.3 is 6.18 Å². The zero-order valence-corrected chi connectivity index (χ0v) is 17.9. The Morgan fingerprint density at radius 2 is 1.43 bits per heavy atom. The molecule has 0 fully saturated rings. The molecule has 35 heavy (non-hydrogen) atoms. The van der Waals surface area contributed by atoms with Crippen LogP contribution in [0.15, 0.2) is 53.4 Å². The number of carbonyl (C=O) groups excluding carboxylic acids is 2. The van der Waals surface area contributed by atoms with Gasteiger partial charge < -0.3 is 10.6 Å². The topological polar surface area (TPSA) is 58.2 Å². The van der Waals surface area contributed by atoms with Crippen molar-refractivity contribution in [1.82, 2.24) is 0 Å². The molecule has 0 unspecified atom stereocenters. The Balaban J connectivity index is 1.69. The van der Waals surface area contributed by atoms with Gasteiger partial charge in [-0.05, 0) is 30.3 Å². The summed E-state index contributed by atoms with van der Waals surface area (Å²) in [6.07, 6.45) is -5.71. The summed E-state index contributed by atoms with van der Waals surface area (Å²) in [5.41, 5.74) is -4.46. The van der Waals surface area contributed by atoms with Crippen molar-refractivity contribution in [3.63, 3.8) is 0 Å². The van der Waals surface area contributed by atoms with Crippen LogP contribution >= 0.6 is 11.8 Å². The number of hydrogen-bond donors (Lipinski definition) is 2. The molecule has 0 radical (unpaired) electrons. The second-order valence-electron chi connectivity index (χ2n) is 6.80. The number of alkyl halides is 3. The van der Waals surface area contributed by atoms with Crippen LogP contribution < -0.4 is 10.6 Å². The SMILES string of the molecule is O=C(CSc1cccc(NC(=O)c2ccccc2F)c1)Nc1c(F)c(F)c(C(F)(F)F)c(F)c1F. The van der Waals surface area contributed by atoms with E-state index in [2.05, 4.69) is 5.32 Å². The number of amides is 2. The average Bonchev–Trinajstić information content (AvgIpc) is 2.79. The molecule has 0 heterocycles. The van der Waals surface area contributed by atoms with Gasteiger partial charge in [-0.3, -0.25) is 9.59 Å². The maximum atomic E-state index is 13.9. The molecule has 2 N–H and O–H groups in total. The number of nitrogens with one attached hydrogen (secondary N) is 2. The van der Waals surface area contributed by atoms with E-state index in [9.17, 15) is 44.7 Å². The van der Waals surface area contributed by atoms with Crippen molar-refractivity contribution in [3.05, 3.63) is 88.7 Å². The minimum Gasteiger partial charge on any atom is -0.322 e. The lowest BCUT2D eigenvalue weighted by molar-refractivity contribution is -0.143. The van der Waals surface area contributed by atoms with Gasteiger partial charge in [-0.1, -0.05) is 18.2 Å². The van der Waals surface area contributed by atoms with Gasteiger partial charge in [-0.15, -0.1) is 11.8 Å². The third-order valence-electron chi connectivity index (χ3n) is 4.39. The van der Waals surface area contributed by atoms with E-state index in [4.69, 9.17) is 0 Å². The lowest BCUT2D eigenvalue weighted by Gasteiger charge is -2.14. The zero-order valence-electron chi connectivity index (χ0n) is 17.1. The second kappa shape index (κ2) is 10.3. The summed E-state index contributed by atoms with van der Waals surface area (Å²) in [4.78, 5) is 24.6. The molecule has 0 aliphatic carbocycles. The van der Waals surface area contributed by atoms with Crippen molar-refractivity contribution in [3.8, 4) is 0 Å². The number of halogens is 8. The predicted octanol–water partition coefficient (Wildman–Crippen LogP) is 6.38. The highest BCUT2D eigenvalue weighted by Crippen LogP contribution is 2.38. The summed E-state index contributed by atoms with van der Waals surface area (Å²) in [6, 6.07) is 11.0. The summed E-state index contributed by atoms with van der Waals surface area (Å²) in [5.74, 6) is -13.5. The highest BCUT2D eigenvalue weighted by molar-refractivity contribution is 8.00. The molecule has 0 aliphatic heterocycles. The maximum absolute atomic E-state index is 13.9. The Morgan fingerprint density at radius 3 is 2.03 bits per heavy atom. The van der Waals surface area contributed by atoms with E-state index >= 15 is 0 Å². The van der Waals surface area contributed by atoms with Crippen LogP contribution in [0.1, 0.15) is 15.9 Å². The lowest BCUT2D eigenvalue weighted by Crippen LogP contribution is -2.21. The van der Waals surface area contributed by atoms with Crippen LogP contribution in [0.4, 0.5) is 46.5 Å². The molecule has 0 spiro atoms. The normalized spacial score (nSPS) is 11.3. The fourth-order valence-corrected chi connectivity index (χ4v) is 3.58. The first-order valence-electron chi connectivity index (χ1n) is 9.42. The summed E-state index contributed by atoms with van der Waals surface area (Å²) in [7, 11) is 0. The molecule has 0 bridgehead atoms. The van der Waals surface area contributed by atoms with Crippen LogP contribution in [0, 0.1) is 29.1 Å². The van der Waals surface area contributed by atoms with Gasteiger partial charge in [0.15, 0.2) is 23.3 Å². The quantitative estimate of drug-likeness (QED) is 0.225. The Hall–Kier alpha value is -3.61. The van der Waals surface area contributed by atoms with E-state index < -0.39 is 64.1 Å². The van der Waals surface area contributed by atoms with Crippen molar-refractivity contribution in [2.75, 3.05) is 16.4 Å². The summed E-state index contributed by atoms with van der Waals surface area (Å²) in [6.45, 7) is 0. The third-order valence-corrected chi connectivity index (χ3v) is 5.39. The van der Waals surface area contributed by atoms with E-state index in [1.807, 2.05) is 0 Å². The van der Waals surface area contributed by atoms with E-state index in [0.29, 0.717) is 4.90 Å². The van der Waals surface area contributed by atoms with E-state index in [0.717, 1.165) is 17.8 Å². The third kappa shape index (κ3) is 5.91. The zero-order chi connectivity index (χ0) is 25.9. The van der Waals surface area contributed by atoms with Gasteiger partial charge in [0.2, 0.25) is 5.91 Å². The van der Waals surface area contributed by atoms with Crippen LogP contribution in [-0.4, -0.2) is 17.6 Å².